The van der Waals surface area contributed by atoms with Gasteiger partial charge in [-0.3, -0.25) is 9.13 Å². The van der Waals surface area contributed by atoms with E-state index in [1.165, 1.54) is 36.0 Å². The second-order valence-corrected chi connectivity index (χ2v) is 8.49. The molecule has 0 aliphatic heterocycles. The number of H-pyrrole nitrogens is 1. The standard InChI is InChI=1S/C24H19F2N5OS/c25-17-8-6-16(7-9-17)22-28-29-24(31(22)19-12-10-18(26)11-13-19)33-15-3-14-30-21-5-2-1-4-20(21)27-23(30)32/h1-2,4-13H,3,14-15H2,(H,27,32). The number of hydrogen-bond acceptors (Lipinski definition) is 4. The van der Waals surface area contributed by atoms with E-state index in [2.05, 4.69) is 15.2 Å². The Hall–Kier alpha value is -3.72. The fraction of sp³-hybridized carbons (Fsp3) is 0.125. The van der Waals surface area contributed by atoms with Crippen molar-refractivity contribution < 1.29 is 8.78 Å². The number of rotatable bonds is 7. The van der Waals surface area contributed by atoms with Crippen molar-refractivity contribution in [2.45, 2.75) is 18.1 Å². The third-order valence-corrected chi connectivity index (χ3v) is 6.27. The SMILES string of the molecule is O=c1[nH]c2ccccc2n1CCCSc1nnc(-c2ccc(F)cc2)n1-c1ccc(F)cc1. The molecule has 2 heterocycles. The average molecular weight is 464 g/mol. The second-order valence-electron chi connectivity index (χ2n) is 7.43. The Balaban J connectivity index is 1.38. The van der Waals surface area contributed by atoms with E-state index in [1.807, 2.05) is 28.8 Å². The fourth-order valence-electron chi connectivity index (χ4n) is 3.69. The van der Waals surface area contributed by atoms with Crippen LogP contribution in [0.1, 0.15) is 6.42 Å². The lowest BCUT2D eigenvalue weighted by Gasteiger charge is -2.10. The van der Waals surface area contributed by atoms with Gasteiger partial charge in [-0.05, 0) is 67.1 Å². The molecule has 0 unspecified atom stereocenters. The number of fused-ring (bicyclic) bond motifs is 1. The maximum atomic E-state index is 13.5. The summed E-state index contributed by atoms with van der Waals surface area (Å²) in [6.45, 7) is 0.561. The molecule has 0 amide bonds. The fourth-order valence-corrected chi connectivity index (χ4v) is 4.56. The molecule has 5 rings (SSSR count). The number of hydrogen-bond donors (Lipinski definition) is 1. The van der Waals surface area contributed by atoms with Crippen LogP contribution in [-0.2, 0) is 6.54 Å². The molecular formula is C24H19F2N5OS. The number of aryl methyl sites for hydroxylation is 1. The predicted molar refractivity (Wildman–Crippen MR) is 125 cm³/mol. The molecule has 0 bridgehead atoms. The summed E-state index contributed by atoms with van der Waals surface area (Å²) in [5, 5.41) is 9.28. The number of aromatic nitrogens is 5. The number of aromatic amines is 1. The molecule has 166 valence electrons. The van der Waals surface area contributed by atoms with Gasteiger partial charge in [-0.2, -0.15) is 0 Å². The number of nitrogens with zero attached hydrogens (tertiary/aromatic N) is 4. The van der Waals surface area contributed by atoms with Gasteiger partial charge in [-0.15, -0.1) is 10.2 Å². The quantitative estimate of drug-likeness (QED) is 0.271. The van der Waals surface area contributed by atoms with Gasteiger partial charge in [0.15, 0.2) is 11.0 Å². The number of imidazole rings is 1. The van der Waals surface area contributed by atoms with Crippen LogP contribution in [-0.4, -0.2) is 30.1 Å². The molecule has 0 fully saturated rings. The molecule has 0 spiro atoms. The highest BCUT2D eigenvalue weighted by Crippen LogP contribution is 2.28. The molecule has 0 saturated heterocycles. The maximum Gasteiger partial charge on any atom is 0.326 e. The minimum Gasteiger partial charge on any atom is -0.306 e. The zero-order valence-corrected chi connectivity index (χ0v) is 18.2. The molecule has 0 saturated carbocycles. The van der Waals surface area contributed by atoms with Crippen molar-refractivity contribution in [3.63, 3.8) is 0 Å². The van der Waals surface area contributed by atoms with E-state index in [1.54, 1.807) is 28.8 Å². The number of nitrogens with one attached hydrogen (secondary N) is 1. The highest BCUT2D eigenvalue weighted by atomic mass is 32.2. The van der Waals surface area contributed by atoms with E-state index in [-0.39, 0.29) is 17.3 Å². The van der Waals surface area contributed by atoms with Crippen molar-refractivity contribution >= 4 is 22.8 Å². The first-order valence-electron chi connectivity index (χ1n) is 10.4. The van der Waals surface area contributed by atoms with Crippen molar-refractivity contribution in [3.05, 3.63) is 94.9 Å². The van der Waals surface area contributed by atoms with Crippen LogP contribution in [0.25, 0.3) is 28.1 Å². The Bertz CT molecular complexity index is 1460. The van der Waals surface area contributed by atoms with Gasteiger partial charge < -0.3 is 4.98 Å². The van der Waals surface area contributed by atoms with Crippen LogP contribution >= 0.6 is 11.8 Å². The predicted octanol–water partition coefficient (Wildman–Crippen LogP) is 5.04. The topological polar surface area (TPSA) is 68.5 Å². The molecule has 0 aliphatic rings. The van der Waals surface area contributed by atoms with Gasteiger partial charge in [-0.25, -0.2) is 13.6 Å². The average Bonchev–Trinajstić information content (AvgIpc) is 3.38. The summed E-state index contributed by atoms with van der Waals surface area (Å²) in [6.07, 6.45) is 0.731. The molecule has 2 aromatic heterocycles. The summed E-state index contributed by atoms with van der Waals surface area (Å²) in [7, 11) is 0. The molecule has 0 radical (unpaired) electrons. The third-order valence-electron chi connectivity index (χ3n) is 5.26. The summed E-state index contributed by atoms with van der Waals surface area (Å²) in [5.74, 6) is 0.550. The summed E-state index contributed by atoms with van der Waals surface area (Å²) in [6, 6.07) is 19.7. The van der Waals surface area contributed by atoms with Crippen molar-refractivity contribution in [2.24, 2.45) is 0 Å². The van der Waals surface area contributed by atoms with E-state index in [9.17, 15) is 13.6 Å². The maximum absolute atomic E-state index is 13.5. The van der Waals surface area contributed by atoms with E-state index in [0.29, 0.717) is 34.5 Å². The normalized spacial score (nSPS) is 11.3. The first-order chi connectivity index (χ1) is 16.1. The van der Waals surface area contributed by atoms with E-state index >= 15 is 0 Å². The summed E-state index contributed by atoms with van der Waals surface area (Å²) < 4.78 is 30.5. The van der Waals surface area contributed by atoms with Gasteiger partial charge in [0, 0.05) is 23.5 Å². The highest BCUT2D eigenvalue weighted by molar-refractivity contribution is 7.99. The first kappa shape index (κ1) is 21.1. The lowest BCUT2D eigenvalue weighted by molar-refractivity contribution is 0.626. The first-order valence-corrected chi connectivity index (χ1v) is 11.4. The Morgan fingerprint density at radius 1 is 0.879 bits per heavy atom. The largest absolute Gasteiger partial charge is 0.326 e. The molecule has 9 heteroatoms. The highest BCUT2D eigenvalue weighted by Gasteiger charge is 2.16. The van der Waals surface area contributed by atoms with Gasteiger partial charge in [-0.1, -0.05) is 23.9 Å². The van der Waals surface area contributed by atoms with Crippen LogP contribution in [0.4, 0.5) is 8.78 Å². The van der Waals surface area contributed by atoms with Crippen molar-refractivity contribution in [3.8, 4) is 17.1 Å². The molecule has 33 heavy (non-hydrogen) atoms. The number of benzene rings is 3. The van der Waals surface area contributed by atoms with E-state index in [4.69, 9.17) is 0 Å². The molecule has 5 aromatic rings. The van der Waals surface area contributed by atoms with Crippen LogP contribution in [0.3, 0.4) is 0 Å². The van der Waals surface area contributed by atoms with Crippen molar-refractivity contribution in [1.82, 2.24) is 24.3 Å². The molecule has 0 atom stereocenters. The molecule has 6 nitrogen and oxygen atoms in total. The van der Waals surface area contributed by atoms with E-state index < -0.39 is 0 Å². The van der Waals surface area contributed by atoms with Crippen LogP contribution in [0, 0.1) is 11.6 Å². The summed E-state index contributed by atoms with van der Waals surface area (Å²) in [5.41, 5.74) is 2.96. The Kier molecular flexibility index (Phi) is 5.78. The van der Waals surface area contributed by atoms with Crippen LogP contribution < -0.4 is 5.69 Å². The van der Waals surface area contributed by atoms with Gasteiger partial charge in [0.25, 0.3) is 0 Å². The Labute approximate surface area is 191 Å². The van der Waals surface area contributed by atoms with Gasteiger partial charge in [0.2, 0.25) is 0 Å². The molecule has 1 N–H and O–H groups in total. The molecular weight excluding hydrogens is 444 g/mol. The number of para-hydroxylation sites is 2. The zero-order chi connectivity index (χ0) is 22.8. The van der Waals surface area contributed by atoms with Gasteiger partial charge in [0.05, 0.1) is 11.0 Å². The van der Waals surface area contributed by atoms with Gasteiger partial charge >= 0.3 is 5.69 Å². The van der Waals surface area contributed by atoms with Crippen molar-refractivity contribution in [2.75, 3.05) is 5.75 Å². The van der Waals surface area contributed by atoms with Gasteiger partial charge in [0.1, 0.15) is 11.6 Å². The minimum atomic E-state index is -0.339. The lowest BCUT2D eigenvalue weighted by atomic mass is 10.2. The Morgan fingerprint density at radius 3 is 2.33 bits per heavy atom. The zero-order valence-electron chi connectivity index (χ0n) is 17.4. The van der Waals surface area contributed by atoms with Crippen molar-refractivity contribution in [1.29, 1.82) is 0 Å². The summed E-state index contributed by atoms with van der Waals surface area (Å²) in [4.78, 5) is 15.1. The van der Waals surface area contributed by atoms with Crippen LogP contribution in [0.5, 0.6) is 0 Å². The Morgan fingerprint density at radius 2 is 1.58 bits per heavy atom. The minimum absolute atomic E-state index is 0.130. The summed E-state index contributed by atoms with van der Waals surface area (Å²) >= 11 is 1.49. The van der Waals surface area contributed by atoms with Crippen LogP contribution in [0.15, 0.2) is 82.7 Å². The smallest absolute Gasteiger partial charge is 0.306 e. The lowest BCUT2D eigenvalue weighted by Crippen LogP contribution is -2.17. The van der Waals surface area contributed by atoms with E-state index in [0.717, 1.165) is 17.5 Å². The third kappa shape index (κ3) is 4.31. The molecule has 0 aliphatic carbocycles. The monoisotopic (exact) mass is 463 g/mol. The van der Waals surface area contributed by atoms with Crippen LogP contribution in [0.2, 0.25) is 0 Å². The second kappa shape index (κ2) is 9.03. The number of halogens is 2. The molecule has 3 aromatic carbocycles. The number of thioether (sulfide) groups is 1.